The van der Waals surface area contributed by atoms with Crippen LogP contribution >= 0.6 is 0 Å². The van der Waals surface area contributed by atoms with Gasteiger partial charge in [0.05, 0.1) is 11.2 Å². The van der Waals surface area contributed by atoms with Crippen LogP contribution in [0, 0.1) is 0 Å². The third-order valence-electron chi connectivity index (χ3n) is 3.92. The van der Waals surface area contributed by atoms with E-state index in [2.05, 4.69) is 18.2 Å². The Balaban J connectivity index is 2.13. The first-order chi connectivity index (χ1) is 8.29. The molecule has 0 atom stereocenters. The average Bonchev–Trinajstić information content (AvgIpc) is 2.97. The SMILES string of the molecule is Cn1nc(C2CCCC2)c2ccc(CN)cc21. The number of rotatable bonds is 2. The number of benzene rings is 1. The Morgan fingerprint density at radius 3 is 2.82 bits per heavy atom. The highest BCUT2D eigenvalue weighted by atomic mass is 15.3. The van der Waals surface area contributed by atoms with Crippen LogP contribution in [0.1, 0.15) is 42.9 Å². The molecule has 1 aromatic carbocycles. The van der Waals surface area contributed by atoms with Gasteiger partial charge in [0.2, 0.25) is 0 Å². The molecule has 0 aliphatic heterocycles. The minimum Gasteiger partial charge on any atom is -0.326 e. The summed E-state index contributed by atoms with van der Waals surface area (Å²) in [7, 11) is 2.03. The van der Waals surface area contributed by atoms with Crippen molar-refractivity contribution in [2.75, 3.05) is 0 Å². The van der Waals surface area contributed by atoms with Crippen LogP contribution in [0.4, 0.5) is 0 Å². The van der Waals surface area contributed by atoms with Gasteiger partial charge in [0.1, 0.15) is 0 Å². The van der Waals surface area contributed by atoms with Crippen molar-refractivity contribution in [2.24, 2.45) is 12.8 Å². The second-order valence-corrected chi connectivity index (χ2v) is 5.05. The van der Waals surface area contributed by atoms with E-state index >= 15 is 0 Å². The number of nitrogens with zero attached hydrogens (tertiary/aromatic N) is 2. The van der Waals surface area contributed by atoms with E-state index in [9.17, 15) is 0 Å². The van der Waals surface area contributed by atoms with Crippen molar-refractivity contribution in [3.63, 3.8) is 0 Å². The lowest BCUT2D eigenvalue weighted by Crippen LogP contribution is -1.96. The highest BCUT2D eigenvalue weighted by Gasteiger charge is 2.22. The summed E-state index contributed by atoms with van der Waals surface area (Å²) in [6, 6.07) is 6.49. The third-order valence-corrected chi connectivity index (χ3v) is 3.92. The molecule has 1 fully saturated rings. The van der Waals surface area contributed by atoms with E-state index < -0.39 is 0 Å². The molecule has 90 valence electrons. The molecule has 1 heterocycles. The quantitative estimate of drug-likeness (QED) is 0.860. The van der Waals surface area contributed by atoms with Gasteiger partial charge in [-0.05, 0) is 24.5 Å². The van der Waals surface area contributed by atoms with Crippen molar-refractivity contribution >= 4 is 10.9 Å². The number of aryl methyl sites for hydroxylation is 1. The maximum Gasteiger partial charge on any atom is 0.0734 e. The molecule has 3 heteroatoms. The highest BCUT2D eigenvalue weighted by molar-refractivity contribution is 5.83. The van der Waals surface area contributed by atoms with E-state index in [0.717, 1.165) is 0 Å². The second kappa shape index (κ2) is 4.15. The average molecular weight is 229 g/mol. The first-order valence-electron chi connectivity index (χ1n) is 6.45. The summed E-state index contributed by atoms with van der Waals surface area (Å²) in [6.07, 6.45) is 5.29. The molecule has 1 aromatic heterocycles. The molecule has 3 rings (SSSR count). The summed E-state index contributed by atoms with van der Waals surface area (Å²) < 4.78 is 2.00. The van der Waals surface area contributed by atoms with Gasteiger partial charge in [0.15, 0.2) is 0 Å². The van der Waals surface area contributed by atoms with E-state index in [-0.39, 0.29) is 0 Å². The van der Waals surface area contributed by atoms with Crippen LogP contribution in [0.25, 0.3) is 10.9 Å². The maximum absolute atomic E-state index is 5.69. The fraction of sp³-hybridized carbons (Fsp3) is 0.500. The first-order valence-corrected chi connectivity index (χ1v) is 6.45. The fourth-order valence-electron chi connectivity index (χ4n) is 2.96. The number of hydrogen-bond acceptors (Lipinski definition) is 2. The molecule has 0 saturated heterocycles. The Morgan fingerprint density at radius 1 is 1.35 bits per heavy atom. The largest absolute Gasteiger partial charge is 0.326 e. The van der Waals surface area contributed by atoms with Crippen LogP contribution in [0.5, 0.6) is 0 Å². The lowest BCUT2D eigenvalue weighted by atomic mass is 10.00. The molecule has 0 unspecified atom stereocenters. The van der Waals surface area contributed by atoms with Crippen molar-refractivity contribution in [1.29, 1.82) is 0 Å². The monoisotopic (exact) mass is 229 g/mol. The number of nitrogens with two attached hydrogens (primary N) is 1. The number of aromatic nitrogens is 2. The van der Waals surface area contributed by atoms with Gasteiger partial charge in [-0.25, -0.2) is 0 Å². The summed E-state index contributed by atoms with van der Waals surface area (Å²) in [5, 5.41) is 6.04. The first kappa shape index (κ1) is 10.8. The topological polar surface area (TPSA) is 43.8 Å². The minimum atomic E-state index is 0.597. The molecule has 2 aromatic rings. The zero-order valence-electron chi connectivity index (χ0n) is 10.3. The predicted octanol–water partition coefficient (Wildman–Crippen LogP) is 2.69. The van der Waals surface area contributed by atoms with Crippen molar-refractivity contribution in [3.05, 3.63) is 29.5 Å². The van der Waals surface area contributed by atoms with Gasteiger partial charge in [-0.2, -0.15) is 5.10 Å². The number of fused-ring (bicyclic) bond motifs is 1. The molecule has 2 N–H and O–H groups in total. The summed E-state index contributed by atoms with van der Waals surface area (Å²) in [4.78, 5) is 0. The Labute approximate surface area is 102 Å². The summed E-state index contributed by atoms with van der Waals surface area (Å²) in [5.74, 6) is 0.669. The summed E-state index contributed by atoms with van der Waals surface area (Å²) in [5.41, 5.74) is 9.38. The van der Waals surface area contributed by atoms with Crippen LogP contribution in [-0.4, -0.2) is 9.78 Å². The van der Waals surface area contributed by atoms with E-state index in [1.54, 1.807) is 0 Å². The molecule has 0 radical (unpaired) electrons. The van der Waals surface area contributed by atoms with Gasteiger partial charge in [-0.15, -0.1) is 0 Å². The van der Waals surface area contributed by atoms with Gasteiger partial charge in [-0.1, -0.05) is 25.0 Å². The third kappa shape index (κ3) is 1.75. The standard InChI is InChI=1S/C14H19N3/c1-17-13-8-10(9-15)6-7-12(13)14(16-17)11-4-2-3-5-11/h6-8,11H,2-5,9,15H2,1H3. The molecule has 0 spiro atoms. The zero-order valence-corrected chi connectivity index (χ0v) is 10.3. The molecule has 1 aliphatic carbocycles. The Morgan fingerprint density at radius 2 is 2.12 bits per heavy atom. The Hall–Kier alpha value is -1.35. The van der Waals surface area contributed by atoms with Gasteiger partial charge in [0, 0.05) is 24.9 Å². The van der Waals surface area contributed by atoms with Crippen molar-refractivity contribution < 1.29 is 0 Å². The van der Waals surface area contributed by atoms with Crippen LogP contribution in [0.3, 0.4) is 0 Å². The van der Waals surface area contributed by atoms with Crippen LogP contribution in [0.2, 0.25) is 0 Å². The van der Waals surface area contributed by atoms with Gasteiger partial charge < -0.3 is 5.73 Å². The van der Waals surface area contributed by atoms with Crippen LogP contribution in [-0.2, 0) is 13.6 Å². The van der Waals surface area contributed by atoms with Gasteiger partial charge in [0.25, 0.3) is 0 Å². The molecule has 1 aliphatic rings. The van der Waals surface area contributed by atoms with E-state index in [1.165, 1.54) is 47.8 Å². The van der Waals surface area contributed by atoms with Gasteiger partial charge >= 0.3 is 0 Å². The maximum atomic E-state index is 5.69. The molecule has 3 nitrogen and oxygen atoms in total. The zero-order chi connectivity index (χ0) is 11.8. The molecule has 0 bridgehead atoms. The van der Waals surface area contributed by atoms with Crippen LogP contribution in [0.15, 0.2) is 18.2 Å². The van der Waals surface area contributed by atoms with Crippen molar-refractivity contribution in [2.45, 2.75) is 38.1 Å². The lowest BCUT2D eigenvalue weighted by molar-refractivity contribution is 0.665. The molecule has 1 saturated carbocycles. The summed E-state index contributed by atoms with van der Waals surface area (Å²) in [6.45, 7) is 0.597. The smallest absolute Gasteiger partial charge is 0.0734 e. The highest BCUT2D eigenvalue weighted by Crippen LogP contribution is 2.36. The minimum absolute atomic E-state index is 0.597. The van der Waals surface area contributed by atoms with Crippen molar-refractivity contribution in [1.82, 2.24) is 9.78 Å². The fourth-order valence-corrected chi connectivity index (χ4v) is 2.96. The second-order valence-electron chi connectivity index (χ2n) is 5.05. The normalized spacial score (nSPS) is 17.1. The van der Waals surface area contributed by atoms with E-state index in [1.807, 2.05) is 11.7 Å². The lowest BCUT2D eigenvalue weighted by Gasteiger charge is -2.05. The van der Waals surface area contributed by atoms with Crippen LogP contribution < -0.4 is 5.73 Å². The summed E-state index contributed by atoms with van der Waals surface area (Å²) >= 11 is 0. The molecule has 17 heavy (non-hydrogen) atoms. The Kier molecular flexibility index (Phi) is 2.63. The Bertz CT molecular complexity index is 536. The number of hydrogen-bond donors (Lipinski definition) is 1. The molecule has 0 amide bonds. The van der Waals surface area contributed by atoms with Crippen molar-refractivity contribution in [3.8, 4) is 0 Å². The molecular formula is C14H19N3. The molecular weight excluding hydrogens is 210 g/mol. The van der Waals surface area contributed by atoms with E-state index in [0.29, 0.717) is 12.5 Å². The van der Waals surface area contributed by atoms with E-state index in [4.69, 9.17) is 10.8 Å². The van der Waals surface area contributed by atoms with Gasteiger partial charge in [-0.3, -0.25) is 4.68 Å². The predicted molar refractivity (Wildman–Crippen MR) is 69.8 cm³/mol.